The lowest BCUT2D eigenvalue weighted by atomic mass is 9.79. The van der Waals surface area contributed by atoms with E-state index in [9.17, 15) is 4.79 Å². The Morgan fingerprint density at radius 3 is 2.18 bits per heavy atom. The summed E-state index contributed by atoms with van der Waals surface area (Å²) in [5, 5.41) is 8.76. The van der Waals surface area contributed by atoms with Crippen LogP contribution in [-0.2, 0) is 11.3 Å². The number of rotatable bonds is 14. The van der Waals surface area contributed by atoms with Crippen LogP contribution in [0.5, 0.6) is 0 Å². The molecule has 0 radical (unpaired) electrons. The highest BCUT2D eigenvalue weighted by Gasteiger charge is 2.22. The van der Waals surface area contributed by atoms with E-state index in [4.69, 9.17) is 5.11 Å². The Kier molecular flexibility index (Phi) is 10.3. The number of carboxylic acid groups (broad SMARTS) is 1. The van der Waals surface area contributed by atoms with Gasteiger partial charge in [-0.1, -0.05) is 44.2 Å². The van der Waals surface area contributed by atoms with Crippen molar-refractivity contribution in [2.45, 2.75) is 83.1 Å². The molecule has 2 heterocycles. The Morgan fingerprint density at radius 2 is 1.53 bits per heavy atom. The number of aromatic nitrogens is 2. The molecule has 0 spiro atoms. The minimum Gasteiger partial charge on any atom is -0.481 e. The Bertz CT molecular complexity index is 974. The predicted octanol–water partition coefficient (Wildman–Crippen LogP) is 6.88. The summed E-state index contributed by atoms with van der Waals surface area (Å²) in [5.41, 5.74) is 4.18. The molecule has 34 heavy (non-hydrogen) atoms. The van der Waals surface area contributed by atoms with Gasteiger partial charge in [0.05, 0.1) is 0 Å². The third kappa shape index (κ3) is 8.09. The maximum atomic E-state index is 10.6. The van der Waals surface area contributed by atoms with Gasteiger partial charge in [0.15, 0.2) is 12.4 Å². The van der Waals surface area contributed by atoms with Gasteiger partial charge in [-0.25, -0.2) is 4.57 Å². The number of nitrogens with zero attached hydrogens (tertiary/aromatic N) is 2. The van der Waals surface area contributed by atoms with Gasteiger partial charge in [0, 0.05) is 37.4 Å². The molecular weight excluding hydrogens is 420 g/mol. The van der Waals surface area contributed by atoms with E-state index in [0.717, 1.165) is 45.1 Å². The van der Waals surface area contributed by atoms with E-state index in [-0.39, 0.29) is 6.42 Å². The first-order chi connectivity index (χ1) is 16.6. The van der Waals surface area contributed by atoms with Gasteiger partial charge in [-0.05, 0) is 78.7 Å². The van der Waals surface area contributed by atoms with Gasteiger partial charge in [-0.3, -0.25) is 9.78 Å². The van der Waals surface area contributed by atoms with Crippen LogP contribution in [0.1, 0.15) is 93.2 Å². The van der Waals surface area contributed by atoms with Crippen molar-refractivity contribution in [3.63, 3.8) is 0 Å². The molecule has 3 rings (SSSR count). The average molecular weight is 460 g/mol. The number of aliphatic carboxylic acids is 1. The summed E-state index contributed by atoms with van der Waals surface area (Å²) in [6, 6.07) is 19.8. The molecule has 1 N–H and O–H groups in total. The van der Waals surface area contributed by atoms with Gasteiger partial charge in [-0.2, -0.15) is 0 Å². The number of carboxylic acids is 1. The lowest BCUT2D eigenvalue weighted by Crippen LogP contribution is -2.32. The average Bonchev–Trinajstić information content (AvgIpc) is 2.87. The van der Waals surface area contributed by atoms with E-state index >= 15 is 0 Å². The number of benzene rings is 1. The SMILES string of the molecule is CCC(CC(CC(C)c1cc[n+](CCCCCC(=O)O)cc1)c1ccncc1)c1ccccc1. The molecule has 3 aromatic rings. The zero-order chi connectivity index (χ0) is 24.2. The van der Waals surface area contributed by atoms with Crippen molar-refractivity contribution in [1.82, 2.24) is 4.98 Å². The lowest BCUT2D eigenvalue weighted by molar-refractivity contribution is -0.697. The van der Waals surface area contributed by atoms with Gasteiger partial charge in [0.2, 0.25) is 0 Å². The van der Waals surface area contributed by atoms with Gasteiger partial charge in [0.1, 0.15) is 6.54 Å². The zero-order valence-electron chi connectivity index (χ0n) is 20.6. The van der Waals surface area contributed by atoms with Crippen LogP contribution in [0.15, 0.2) is 79.4 Å². The number of unbranched alkanes of at least 4 members (excludes halogenated alkanes) is 2. The van der Waals surface area contributed by atoms with E-state index in [1.165, 1.54) is 16.7 Å². The summed E-state index contributed by atoms with van der Waals surface area (Å²) >= 11 is 0. The summed E-state index contributed by atoms with van der Waals surface area (Å²) in [6.45, 7) is 5.56. The highest BCUT2D eigenvalue weighted by molar-refractivity contribution is 5.66. The fraction of sp³-hybridized carbons (Fsp3) is 0.433. The summed E-state index contributed by atoms with van der Waals surface area (Å²) in [6.07, 6.45) is 14.5. The Labute approximate surface area is 204 Å². The van der Waals surface area contributed by atoms with E-state index in [1.54, 1.807) is 0 Å². The van der Waals surface area contributed by atoms with Crippen molar-refractivity contribution in [1.29, 1.82) is 0 Å². The second-order valence-electron chi connectivity index (χ2n) is 9.44. The van der Waals surface area contributed by atoms with Crippen molar-refractivity contribution >= 4 is 5.97 Å². The maximum absolute atomic E-state index is 10.6. The molecule has 0 saturated heterocycles. The second kappa shape index (κ2) is 13.6. The summed E-state index contributed by atoms with van der Waals surface area (Å²) in [7, 11) is 0. The van der Waals surface area contributed by atoms with Crippen molar-refractivity contribution in [2.75, 3.05) is 0 Å². The molecule has 0 fully saturated rings. The standard InChI is InChI=1S/C30H38N2O2/c1-3-25(27-10-6-4-7-11-27)23-29(28-13-17-31-18-14-28)22-24(2)26-15-20-32(21-16-26)19-9-5-8-12-30(33)34/h4,6-7,10-11,13-18,20-21,24-25,29H,3,5,8-9,12,19,22-23H2,1-2H3/p+1. The summed E-state index contributed by atoms with van der Waals surface area (Å²) in [5.74, 6) is 0.775. The number of hydrogen-bond acceptors (Lipinski definition) is 2. The fourth-order valence-corrected chi connectivity index (χ4v) is 4.87. The van der Waals surface area contributed by atoms with Crippen LogP contribution in [0.4, 0.5) is 0 Å². The van der Waals surface area contributed by atoms with E-state index in [2.05, 4.69) is 90.4 Å². The Balaban J connectivity index is 1.63. The first kappa shape index (κ1) is 25.6. The predicted molar refractivity (Wildman–Crippen MR) is 137 cm³/mol. The highest BCUT2D eigenvalue weighted by atomic mass is 16.4. The highest BCUT2D eigenvalue weighted by Crippen LogP contribution is 2.38. The molecule has 0 aliphatic rings. The monoisotopic (exact) mass is 459 g/mol. The van der Waals surface area contributed by atoms with Gasteiger partial charge in [0.25, 0.3) is 0 Å². The molecule has 4 nitrogen and oxygen atoms in total. The molecule has 0 bridgehead atoms. The van der Waals surface area contributed by atoms with Crippen LogP contribution in [0.25, 0.3) is 0 Å². The largest absolute Gasteiger partial charge is 0.481 e. The van der Waals surface area contributed by atoms with Crippen LogP contribution in [0.2, 0.25) is 0 Å². The second-order valence-corrected chi connectivity index (χ2v) is 9.44. The molecule has 1 aromatic carbocycles. The molecular formula is C30H39N2O2+. The van der Waals surface area contributed by atoms with Crippen LogP contribution in [-0.4, -0.2) is 16.1 Å². The number of carbonyl (C=O) groups is 1. The third-order valence-corrected chi connectivity index (χ3v) is 6.94. The minimum atomic E-state index is -0.704. The quantitative estimate of drug-likeness (QED) is 0.211. The van der Waals surface area contributed by atoms with Gasteiger partial charge in [-0.15, -0.1) is 0 Å². The molecule has 0 aliphatic carbocycles. The molecule has 3 atom stereocenters. The smallest absolute Gasteiger partial charge is 0.303 e. The first-order valence-electron chi connectivity index (χ1n) is 12.7. The maximum Gasteiger partial charge on any atom is 0.303 e. The Hall–Kier alpha value is -3.01. The van der Waals surface area contributed by atoms with Crippen LogP contribution >= 0.6 is 0 Å². The minimum absolute atomic E-state index is 0.267. The van der Waals surface area contributed by atoms with Gasteiger partial charge < -0.3 is 5.11 Å². The summed E-state index contributed by atoms with van der Waals surface area (Å²) in [4.78, 5) is 14.9. The third-order valence-electron chi connectivity index (χ3n) is 6.94. The molecule has 0 amide bonds. The number of aryl methyl sites for hydroxylation is 1. The van der Waals surface area contributed by atoms with Crippen molar-refractivity contribution in [3.8, 4) is 0 Å². The normalized spacial score (nSPS) is 13.8. The lowest BCUT2D eigenvalue weighted by Gasteiger charge is -2.26. The molecule has 2 aromatic heterocycles. The topological polar surface area (TPSA) is 54.1 Å². The van der Waals surface area contributed by atoms with Gasteiger partial charge >= 0.3 is 5.97 Å². The molecule has 4 heteroatoms. The number of pyridine rings is 2. The first-order valence-corrected chi connectivity index (χ1v) is 12.7. The molecule has 0 aliphatic heterocycles. The van der Waals surface area contributed by atoms with Crippen molar-refractivity contribution in [3.05, 3.63) is 96.1 Å². The van der Waals surface area contributed by atoms with Crippen molar-refractivity contribution < 1.29 is 14.5 Å². The molecule has 180 valence electrons. The molecule has 0 saturated carbocycles. The van der Waals surface area contributed by atoms with Crippen LogP contribution in [0, 0.1) is 0 Å². The van der Waals surface area contributed by atoms with Crippen LogP contribution < -0.4 is 4.57 Å². The van der Waals surface area contributed by atoms with E-state index in [1.807, 2.05) is 12.4 Å². The van der Waals surface area contributed by atoms with E-state index < -0.39 is 5.97 Å². The Morgan fingerprint density at radius 1 is 0.853 bits per heavy atom. The van der Waals surface area contributed by atoms with Crippen molar-refractivity contribution in [2.24, 2.45) is 0 Å². The van der Waals surface area contributed by atoms with E-state index in [0.29, 0.717) is 17.8 Å². The fourth-order valence-electron chi connectivity index (χ4n) is 4.87. The molecule has 3 unspecified atom stereocenters. The van der Waals surface area contributed by atoms with Crippen LogP contribution in [0.3, 0.4) is 0 Å². The summed E-state index contributed by atoms with van der Waals surface area (Å²) < 4.78 is 2.21. The zero-order valence-corrected chi connectivity index (χ0v) is 20.6. The number of hydrogen-bond donors (Lipinski definition) is 1.